The summed E-state index contributed by atoms with van der Waals surface area (Å²) in [4.78, 5) is 4.02. The third kappa shape index (κ3) is 3.33. The average molecular weight is 705 g/mol. The minimum atomic E-state index is -2.79. The van der Waals surface area contributed by atoms with E-state index in [1.54, 1.807) is 0 Å². The van der Waals surface area contributed by atoms with Gasteiger partial charge in [-0.3, -0.25) is 0 Å². The molecular formula is C48H29BN2SSi. The van der Waals surface area contributed by atoms with Crippen molar-refractivity contribution in [2.24, 2.45) is 0 Å². The van der Waals surface area contributed by atoms with Crippen molar-refractivity contribution in [3.8, 4) is 11.1 Å². The summed E-state index contributed by atoms with van der Waals surface area (Å²) in [6.07, 6.45) is 0. The monoisotopic (exact) mass is 704 g/mol. The van der Waals surface area contributed by atoms with Crippen LogP contribution in [0.4, 0.5) is 17.1 Å². The van der Waals surface area contributed by atoms with E-state index in [0.29, 0.717) is 0 Å². The zero-order chi connectivity index (χ0) is 34.4. The van der Waals surface area contributed by atoms with Crippen LogP contribution in [0.2, 0.25) is 0 Å². The van der Waals surface area contributed by atoms with Crippen LogP contribution in [0.15, 0.2) is 176 Å². The van der Waals surface area contributed by atoms with Gasteiger partial charge in [-0.05, 0) is 66.2 Å². The van der Waals surface area contributed by atoms with E-state index < -0.39 is 8.07 Å². The van der Waals surface area contributed by atoms with Crippen molar-refractivity contribution in [2.45, 2.75) is 0 Å². The molecule has 2 nitrogen and oxygen atoms in total. The van der Waals surface area contributed by atoms with E-state index in [0.717, 1.165) is 0 Å². The zero-order valence-electron chi connectivity index (χ0n) is 28.6. The normalized spacial score (nSPS) is 14.5. The van der Waals surface area contributed by atoms with Crippen molar-refractivity contribution in [1.29, 1.82) is 0 Å². The number of hydrogen-bond acceptors (Lipinski definition) is 2. The summed E-state index contributed by atoms with van der Waals surface area (Å²) in [6.45, 7) is 0.0160. The van der Waals surface area contributed by atoms with E-state index in [2.05, 4.69) is 185 Å². The predicted molar refractivity (Wildman–Crippen MR) is 230 cm³/mol. The quantitative estimate of drug-likeness (QED) is 0.165. The molecule has 0 unspecified atom stereocenters. The van der Waals surface area contributed by atoms with E-state index in [9.17, 15) is 0 Å². The minimum Gasteiger partial charge on any atom is -0.367 e. The highest BCUT2D eigenvalue weighted by Crippen LogP contribution is 2.50. The molecule has 0 fully saturated rings. The Morgan fingerprint density at radius 1 is 0.528 bits per heavy atom. The van der Waals surface area contributed by atoms with E-state index in [-0.39, 0.29) is 6.85 Å². The molecule has 0 spiro atoms. The first-order valence-electron chi connectivity index (χ1n) is 18.5. The molecule has 3 aliphatic heterocycles. The number of nitrogens with zero attached hydrogens (tertiary/aromatic N) is 2. The largest absolute Gasteiger partial charge is 0.367 e. The Labute approximate surface area is 311 Å². The predicted octanol–water partition coefficient (Wildman–Crippen LogP) is 8.27. The Bertz CT molecular complexity index is 3160. The van der Waals surface area contributed by atoms with Gasteiger partial charge >= 0.3 is 6.85 Å². The maximum Gasteiger partial charge on any atom is 0.333 e. The molecule has 10 aromatic rings. The van der Waals surface area contributed by atoms with Gasteiger partial charge in [0.2, 0.25) is 0 Å². The topological polar surface area (TPSA) is 8.17 Å². The first kappa shape index (κ1) is 28.4. The number of thiophene rings is 1. The SMILES string of the molecule is c1ccc([Si]2(c3ccccc3)c3ccccc3N3c4cc5ccccc5c5c4B(c4cccc2c43)n2c3sc4ccccc4c3c3cccc-5c32)cc1. The maximum atomic E-state index is 2.74. The first-order chi connectivity index (χ1) is 26.3. The number of rotatable bonds is 2. The molecule has 0 amide bonds. The van der Waals surface area contributed by atoms with E-state index >= 15 is 0 Å². The van der Waals surface area contributed by atoms with Crippen LogP contribution in [-0.2, 0) is 0 Å². The molecule has 53 heavy (non-hydrogen) atoms. The molecule has 0 N–H and O–H groups in total. The van der Waals surface area contributed by atoms with Crippen LogP contribution in [-0.4, -0.2) is 19.4 Å². The second-order valence-electron chi connectivity index (χ2n) is 14.7. The average Bonchev–Trinajstić information content (AvgIpc) is 3.76. The van der Waals surface area contributed by atoms with Crippen LogP contribution in [0, 0.1) is 0 Å². The first-order valence-corrected chi connectivity index (χ1v) is 21.3. The molecule has 244 valence electrons. The van der Waals surface area contributed by atoms with Crippen LogP contribution in [0.3, 0.4) is 0 Å². The fourth-order valence-corrected chi connectivity index (χ4v) is 16.9. The summed E-state index contributed by atoms with van der Waals surface area (Å²) < 4.78 is 4.09. The van der Waals surface area contributed by atoms with Gasteiger partial charge in [-0.2, -0.15) is 0 Å². The van der Waals surface area contributed by atoms with Gasteiger partial charge in [-0.25, -0.2) is 0 Å². The number of aromatic nitrogens is 1. The smallest absolute Gasteiger partial charge is 0.333 e. The summed E-state index contributed by atoms with van der Waals surface area (Å²) in [7, 11) is -2.79. The van der Waals surface area contributed by atoms with Gasteiger partial charge in [-0.15, -0.1) is 11.3 Å². The van der Waals surface area contributed by atoms with Gasteiger partial charge in [0.25, 0.3) is 0 Å². The van der Waals surface area contributed by atoms with E-state index in [1.807, 2.05) is 11.3 Å². The summed E-state index contributed by atoms with van der Waals surface area (Å²) >= 11 is 1.95. The molecule has 0 atom stereocenters. The Kier molecular flexibility index (Phi) is 5.39. The highest BCUT2D eigenvalue weighted by Gasteiger charge is 2.53. The maximum absolute atomic E-state index is 2.79. The summed E-state index contributed by atoms with van der Waals surface area (Å²) in [6, 6.07) is 67.0. The molecule has 0 bridgehead atoms. The molecule has 3 aliphatic rings. The van der Waals surface area contributed by atoms with Crippen LogP contribution in [0.25, 0.3) is 53.1 Å². The number of fused-ring (bicyclic) bond motifs is 13. The Morgan fingerprint density at radius 3 is 2.02 bits per heavy atom. The van der Waals surface area contributed by atoms with Crippen molar-refractivity contribution in [1.82, 2.24) is 4.48 Å². The van der Waals surface area contributed by atoms with Gasteiger partial charge in [0.15, 0.2) is 8.07 Å². The second kappa shape index (κ2) is 10.0. The fourth-order valence-electron chi connectivity index (χ4n) is 10.5. The van der Waals surface area contributed by atoms with Crippen molar-refractivity contribution in [3.63, 3.8) is 0 Å². The lowest BCUT2D eigenvalue weighted by Crippen LogP contribution is -2.78. The lowest BCUT2D eigenvalue weighted by Gasteiger charge is -2.49. The third-order valence-electron chi connectivity index (χ3n) is 12.4. The number of para-hydroxylation sites is 3. The summed E-state index contributed by atoms with van der Waals surface area (Å²) in [5, 5.41) is 12.4. The minimum absolute atomic E-state index is 0.0160. The van der Waals surface area contributed by atoms with Crippen LogP contribution < -0.4 is 36.6 Å². The van der Waals surface area contributed by atoms with E-state index in [1.165, 1.54) is 102 Å². The van der Waals surface area contributed by atoms with Gasteiger partial charge < -0.3 is 9.38 Å². The number of benzene rings is 8. The van der Waals surface area contributed by atoms with Crippen molar-refractivity contribution in [3.05, 3.63) is 176 Å². The Hall–Kier alpha value is -6.14. The number of hydrogen-bond donors (Lipinski definition) is 0. The fraction of sp³-hybridized carbons (Fsp3) is 0. The molecule has 0 saturated carbocycles. The highest BCUT2D eigenvalue weighted by atomic mass is 32.1. The van der Waals surface area contributed by atoms with Gasteiger partial charge in [0.05, 0.1) is 4.83 Å². The van der Waals surface area contributed by atoms with Crippen LogP contribution in [0.5, 0.6) is 0 Å². The van der Waals surface area contributed by atoms with Gasteiger partial charge in [-0.1, -0.05) is 158 Å². The Morgan fingerprint density at radius 2 is 1.19 bits per heavy atom. The number of anilines is 3. The molecule has 2 aromatic heterocycles. The van der Waals surface area contributed by atoms with E-state index in [4.69, 9.17) is 0 Å². The van der Waals surface area contributed by atoms with Crippen LogP contribution in [0.1, 0.15) is 0 Å². The molecule has 0 aliphatic carbocycles. The Balaban J connectivity index is 1.27. The van der Waals surface area contributed by atoms with Crippen molar-refractivity contribution < 1.29 is 0 Å². The zero-order valence-corrected chi connectivity index (χ0v) is 30.4. The second-order valence-corrected chi connectivity index (χ2v) is 19.5. The summed E-state index contributed by atoms with van der Waals surface area (Å²) in [5.41, 5.74) is 10.8. The van der Waals surface area contributed by atoms with Gasteiger partial charge in [0.1, 0.15) is 0 Å². The van der Waals surface area contributed by atoms with Crippen molar-refractivity contribution in [2.75, 3.05) is 4.90 Å². The van der Waals surface area contributed by atoms with Crippen LogP contribution >= 0.6 is 11.3 Å². The molecule has 0 radical (unpaired) electrons. The molecule has 13 rings (SSSR count). The lowest BCUT2D eigenvalue weighted by molar-refractivity contribution is 1.27. The van der Waals surface area contributed by atoms with Crippen molar-refractivity contribution >= 4 is 117 Å². The molecule has 8 aromatic carbocycles. The highest BCUT2D eigenvalue weighted by molar-refractivity contribution is 7.26. The van der Waals surface area contributed by atoms with Gasteiger partial charge in [0, 0.05) is 49.0 Å². The molecule has 5 heteroatoms. The lowest BCUT2D eigenvalue weighted by atomic mass is 9.45. The molecule has 5 heterocycles. The standard InChI is InChI=1S/C48H29BN2SSi/c1-3-16-31(17-4-1)53(32-18-5-2-6-19-32)41-27-12-10-25-38(41)50-39-29-30-15-7-8-20-33(30)43-35-22-13-23-36-44-34-21-9-11-26-40(34)52-48(44)51(46(35)36)49(45(39)43)37-24-14-28-42(53)47(37)50/h1-29H. The third-order valence-corrected chi connectivity index (χ3v) is 18.4. The molecular weight excluding hydrogens is 676 g/mol. The molecule has 0 saturated heterocycles. The summed E-state index contributed by atoms with van der Waals surface area (Å²) in [5.74, 6) is 0.